The lowest BCUT2D eigenvalue weighted by Gasteiger charge is -2.10. The minimum atomic E-state index is -0.585. The van der Waals surface area contributed by atoms with Crippen LogP contribution in [0.5, 0.6) is 0 Å². The maximum atomic E-state index is 14.2. The zero-order valence-electron chi connectivity index (χ0n) is 16.7. The van der Waals surface area contributed by atoms with Gasteiger partial charge in [0.2, 0.25) is 5.91 Å². The second-order valence-corrected chi connectivity index (χ2v) is 7.58. The number of carbonyl (C=O) groups excluding carboxylic acids is 1. The number of carbonyl (C=O) groups is 1. The van der Waals surface area contributed by atoms with Crippen molar-refractivity contribution in [3.63, 3.8) is 0 Å². The number of rotatable bonds is 5. The number of nitrogen functional groups attached to an aromatic ring is 2. The van der Waals surface area contributed by atoms with Gasteiger partial charge in [-0.1, -0.05) is 18.2 Å². The molecule has 0 radical (unpaired) electrons. The zero-order valence-corrected chi connectivity index (χ0v) is 16.7. The number of fused-ring (bicyclic) bond motifs is 1. The van der Waals surface area contributed by atoms with E-state index in [1.807, 2.05) is 0 Å². The Bertz CT molecular complexity index is 1340. The Kier molecular flexibility index (Phi) is 4.65. The van der Waals surface area contributed by atoms with Crippen molar-refractivity contribution in [2.75, 3.05) is 16.8 Å². The first-order valence-electron chi connectivity index (χ1n) is 9.90. The number of amides is 1. The van der Waals surface area contributed by atoms with Crippen LogP contribution in [-0.2, 0) is 11.3 Å². The summed E-state index contributed by atoms with van der Waals surface area (Å²) in [4.78, 5) is 24.6. The van der Waals surface area contributed by atoms with Crippen molar-refractivity contribution in [3.8, 4) is 11.5 Å². The van der Waals surface area contributed by atoms with Gasteiger partial charge in [0.1, 0.15) is 23.0 Å². The predicted molar refractivity (Wildman–Crippen MR) is 114 cm³/mol. The van der Waals surface area contributed by atoms with Crippen LogP contribution in [-0.4, -0.2) is 30.6 Å². The highest BCUT2D eigenvalue weighted by Gasteiger charge is 2.31. The molecule has 1 saturated carbocycles. The molecular formula is C21H18F2N8O. The van der Waals surface area contributed by atoms with Crippen LogP contribution >= 0.6 is 0 Å². The minimum Gasteiger partial charge on any atom is -0.382 e. The Labute approximate surface area is 180 Å². The molecule has 5 N–H and O–H groups in total. The van der Waals surface area contributed by atoms with Crippen molar-refractivity contribution >= 4 is 34.3 Å². The molecule has 5 rings (SSSR count). The molecule has 11 heteroatoms. The molecule has 0 bridgehead atoms. The number of nitrogens with one attached hydrogen (secondary N) is 1. The largest absolute Gasteiger partial charge is 0.382 e. The average molecular weight is 436 g/mol. The Balaban J connectivity index is 1.58. The molecule has 0 unspecified atom stereocenters. The summed E-state index contributed by atoms with van der Waals surface area (Å²) >= 11 is 0. The number of benzene rings is 1. The lowest BCUT2D eigenvalue weighted by atomic mass is 10.2. The van der Waals surface area contributed by atoms with E-state index in [4.69, 9.17) is 11.5 Å². The first-order chi connectivity index (χ1) is 15.4. The Morgan fingerprint density at radius 2 is 1.88 bits per heavy atom. The molecule has 32 heavy (non-hydrogen) atoms. The van der Waals surface area contributed by atoms with Gasteiger partial charge in [-0.3, -0.25) is 4.79 Å². The Hall–Kier alpha value is -4.15. The second-order valence-electron chi connectivity index (χ2n) is 7.58. The van der Waals surface area contributed by atoms with Gasteiger partial charge < -0.3 is 16.8 Å². The number of halogens is 2. The van der Waals surface area contributed by atoms with E-state index in [9.17, 15) is 13.6 Å². The fraction of sp³-hybridized carbons (Fsp3) is 0.190. The van der Waals surface area contributed by atoms with Crippen LogP contribution in [0, 0.1) is 17.6 Å². The SMILES string of the molecule is Nc1nc(-c2nn(Cc3ccccc3F)c3ncc(F)cc23)nc(N)c1NC(=O)C1CC1. The van der Waals surface area contributed by atoms with E-state index in [-0.39, 0.29) is 47.2 Å². The van der Waals surface area contributed by atoms with Gasteiger partial charge in [-0.25, -0.2) is 28.4 Å². The van der Waals surface area contributed by atoms with Crippen molar-refractivity contribution in [1.29, 1.82) is 0 Å². The molecule has 4 aromatic rings. The predicted octanol–water partition coefficient (Wildman–Crippen LogP) is 2.73. The molecule has 1 aliphatic carbocycles. The molecule has 1 amide bonds. The number of aromatic nitrogens is 5. The summed E-state index contributed by atoms with van der Waals surface area (Å²) in [6, 6.07) is 7.49. The lowest BCUT2D eigenvalue weighted by Crippen LogP contribution is -2.17. The Morgan fingerprint density at radius 3 is 2.56 bits per heavy atom. The third-order valence-corrected chi connectivity index (χ3v) is 5.20. The summed E-state index contributed by atoms with van der Waals surface area (Å²) in [5.41, 5.74) is 13.1. The van der Waals surface area contributed by atoms with Gasteiger partial charge in [0.05, 0.1) is 18.1 Å². The summed E-state index contributed by atoms with van der Waals surface area (Å²) in [5, 5.41) is 7.42. The highest BCUT2D eigenvalue weighted by atomic mass is 19.1. The summed E-state index contributed by atoms with van der Waals surface area (Å²) in [6.07, 6.45) is 2.68. The molecule has 0 aliphatic heterocycles. The topological polar surface area (TPSA) is 138 Å². The molecule has 0 atom stereocenters. The molecule has 1 fully saturated rings. The molecule has 3 heterocycles. The van der Waals surface area contributed by atoms with Gasteiger partial charge in [0.25, 0.3) is 0 Å². The highest BCUT2D eigenvalue weighted by Crippen LogP contribution is 2.34. The number of anilines is 3. The van der Waals surface area contributed by atoms with Crippen molar-refractivity contribution in [2.24, 2.45) is 5.92 Å². The maximum Gasteiger partial charge on any atom is 0.227 e. The molecule has 3 aromatic heterocycles. The fourth-order valence-electron chi connectivity index (χ4n) is 3.40. The summed E-state index contributed by atoms with van der Waals surface area (Å²) in [5.74, 6) is -1.27. The Morgan fingerprint density at radius 1 is 1.16 bits per heavy atom. The first-order valence-corrected chi connectivity index (χ1v) is 9.90. The summed E-state index contributed by atoms with van der Waals surface area (Å²) in [7, 11) is 0. The number of pyridine rings is 1. The van der Waals surface area contributed by atoms with Crippen LogP contribution in [0.15, 0.2) is 36.5 Å². The van der Waals surface area contributed by atoms with Crippen LogP contribution in [0.1, 0.15) is 18.4 Å². The van der Waals surface area contributed by atoms with Gasteiger partial charge in [-0.2, -0.15) is 5.10 Å². The first kappa shape index (κ1) is 19.8. The van der Waals surface area contributed by atoms with Crippen LogP contribution in [0.25, 0.3) is 22.6 Å². The number of nitrogens with two attached hydrogens (primary N) is 2. The fourth-order valence-corrected chi connectivity index (χ4v) is 3.40. The van der Waals surface area contributed by atoms with E-state index in [0.29, 0.717) is 16.6 Å². The highest BCUT2D eigenvalue weighted by molar-refractivity contribution is 5.99. The molecule has 0 spiro atoms. The van der Waals surface area contributed by atoms with Gasteiger partial charge >= 0.3 is 0 Å². The average Bonchev–Trinajstić information content (AvgIpc) is 3.55. The van der Waals surface area contributed by atoms with E-state index in [2.05, 4.69) is 25.4 Å². The smallest absolute Gasteiger partial charge is 0.227 e. The van der Waals surface area contributed by atoms with Crippen molar-refractivity contribution in [2.45, 2.75) is 19.4 Å². The minimum absolute atomic E-state index is 0.0362. The van der Waals surface area contributed by atoms with Gasteiger partial charge in [0, 0.05) is 11.5 Å². The maximum absolute atomic E-state index is 14.2. The van der Waals surface area contributed by atoms with E-state index in [1.165, 1.54) is 16.8 Å². The third-order valence-electron chi connectivity index (χ3n) is 5.20. The standard InChI is InChI=1S/C21H18F2N8O/c22-12-7-13-15(19-28-17(24)16(18(25)29-19)27-21(32)10-5-6-10)30-31(20(13)26-8-12)9-11-3-1-2-4-14(11)23/h1-4,7-8,10H,5-6,9H2,(H,27,32)(H4,24,25,28,29). The van der Waals surface area contributed by atoms with E-state index < -0.39 is 11.6 Å². The van der Waals surface area contributed by atoms with E-state index in [0.717, 1.165) is 19.0 Å². The molecule has 9 nitrogen and oxygen atoms in total. The van der Waals surface area contributed by atoms with Gasteiger partial charge in [-0.15, -0.1) is 0 Å². The lowest BCUT2D eigenvalue weighted by molar-refractivity contribution is -0.117. The second kappa shape index (κ2) is 7.52. The molecule has 0 saturated heterocycles. The van der Waals surface area contributed by atoms with E-state index >= 15 is 0 Å². The van der Waals surface area contributed by atoms with Crippen molar-refractivity contribution in [3.05, 3.63) is 53.7 Å². The van der Waals surface area contributed by atoms with Crippen LogP contribution in [0.2, 0.25) is 0 Å². The molecule has 162 valence electrons. The zero-order chi connectivity index (χ0) is 22.4. The molecule has 1 aromatic carbocycles. The molecule has 1 aliphatic rings. The van der Waals surface area contributed by atoms with Crippen molar-refractivity contribution < 1.29 is 13.6 Å². The number of hydrogen-bond acceptors (Lipinski definition) is 7. The quantitative estimate of drug-likeness (QED) is 0.437. The van der Waals surface area contributed by atoms with Crippen LogP contribution < -0.4 is 16.8 Å². The normalized spacial score (nSPS) is 13.4. The monoisotopic (exact) mass is 436 g/mol. The third kappa shape index (κ3) is 3.57. The summed E-state index contributed by atoms with van der Waals surface area (Å²) < 4.78 is 29.6. The van der Waals surface area contributed by atoms with Gasteiger partial charge in [-0.05, 0) is 25.0 Å². The van der Waals surface area contributed by atoms with Gasteiger partial charge in [0.15, 0.2) is 23.1 Å². The van der Waals surface area contributed by atoms with Crippen LogP contribution in [0.4, 0.5) is 26.1 Å². The van der Waals surface area contributed by atoms with Crippen molar-refractivity contribution in [1.82, 2.24) is 24.7 Å². The van der Waals surface area contributed by atoms with Crippen LogP contribution in [0.3, 0.4) is 0 Å². The molecular weight excluding hydrogens is 418 g/mol. The number of nitrogens with zero attached hydrogens (tertiary/aromatic N) is 5. The summed E-state index contributed by atoms with van der Waals surface area (Å²) in [6.45, 7) is 0.0578. The number of hydrogen-bond donors (Lipinski definition) is 3. The van der Waals surface area contributed by atoms with E-state index in [1.54, 1.807) is 18.2 Å².